The third-order valence-corrected chi connectivity index (χ3v) is 7.12. The summed E-state index contributed by atoms with van der Waals surface area (Å²) in [6, 6.07) is 0.785. The third kappa shape index (κ3) is 6.77. The van der Waals surface area contributed by atoms with E-state index in [1.165, 1.54) is 0 Å². The van der Waals surface area contributed by atoms with Crippen molar-refractivity contribution in [1.29, 1.82) is 0 Å². The minimum absolute atomic E-state index is 0.0588. The van der Waals surface area contributed by atoms with Gasteiger partial charge in [0.15, 0.2) is 6.67 Å². The summed E-state index contributed by atoms with van der Waals surface area (Å²) in [4.78, 5) is -0.782. The number of sulfonamides is 1. The van der Waals surface area contributed by atoms with E-state index in [-0.39, 0.29) is 25.1 Å². The van der Waals surface area contributed by atoms with Gasteiger partial charge in [-0.05, 0) is 24.3 Å². The predicted molar refractivity (Wildman–Crippen MR) is 115 cm³/mol. The first kappa shape index (κ1) is 39.7. The quantitative estimate of drug-likeness (QED) is 0.122. The highest BCUT2D eigenvalue weighted by Crippen LogP contribution is 2.63. The van der Waals surface area contributed by atoms with Gasteiger partial charge in [-0.3, -0.25) is 0 Å². The molecule has 0 saturated carbocycles. The Balaban J connectivity index is 3.36. The van der Waals surface area contributed by atoms with Gasteiger partial charge in [0.05, 0.1) is 32.6 Å². The van der Waals surface area contributed by atoms with Gasteiger partial charge in [-0.25, -0.2) is 17.5 Å². The van der Waals surface area contributed by atoms with Crippen LogP contribution in [0.25, 0.3) is 0 Å². The zero-order chi connectivity index (χ0) is 35.2. The highest BCUT2D eigenvalue weighted by atomic mass is 32.2. The second-order valence-electron chi connectivity index (χ2n) is 10.1. The van der Waals surface area contributed by atoms with E-state index in [0.717, 1.165) is 0 Å². The van der Waals surface area contributed by atoms with E-state index in [4.69, 9.17) is 0 Å². The highest BCUT2D eigenvalue weighted by Gasteiger charge is 2.95. The van der Waals surface area contributed by atoms with E-state index >= 15 is 0 Å². The summed E-state index contributed by atoms with van der Waals surface area (Å²) >= 11 is 0. The van der Waals surface area contributed by atoms with Crippen LogP contribution in [0, 0.1) is 0 Å². The lowest BCUT2D eigenvalue weighted by Crippen LogP contribution is -2.75. The van der Waals surface area contributed by atoms with Crippen LogP contribution in [-0.4, -0.2) is 101 Å². The standard InChI is InChI=1S/C21H22F17N2O3S/c1-40(2,3)10-4-9-39-44(41,42)13-7-5-12(6-8-13)43-21(37,38)20(35,36)19(33,34)18(31,32)17(29,30)16(27,28)15(25,26)14(23,24)11-22/h5-8,39H,4,9-11H2,1-3H3/q+1. The van der Waals surface area contributed by atoms with Crippen molar-refractivity contribution < 1.29 is 92.3 Å². The zero-order valence-corrected chi connectivity index (χ0v) is 23.0. The summed E-state index contributed by atoms with van der Waals surface area (Å²) < 4.78 is 260. The van der Waals surface area contributed by atoms with Crippen molar-refractivity contribution in [2.75, 3.05) is 40.9 Å². The number of nitrogens with zero attached hydrogens (tertiary/aromatic N) is 1. The second kappa shape index (κ2) is 11.8. The molecule has 44 heavy (non-hydrogen) atoms. The predicted octanol–water partition coefficient (Wildman–Crippen LogP) is 6.45. The maximum atomic E-state index is 14.0. The molecule has 0 heterocycles. The number of ether oxygens (including phenoxy) is 1. The van der Waals surface area contributed by atoms with Crippen LogP contribution >= 0.6 is 0 Å². The fourth-order valence-electron chi connectivity index (χ4n) is 3.03. The van der Waals surface area contributed by atoms with Gasteiger partial charge >= 0.3 is 47.6 Å². The lowest BCUT2D eigenvalue weighted by Gasteiger charge is -2.43. The Morgan fingerprint density at radius 2 is 1.05 bits per heavy atom. The van der Waals surface area contributed by atoms with Crippen LogP contribution < -0.4 is 9.46 Å². The van der Waals surface area contributed by atoms with Crippen LogP contribution in [0.1, 0.15) is 6.42 Å². The van der Waals surface area contributed by atoms with Gasteiger partial charge in [0.25, 0.3) is 0 Å². The molecule has 1 N–H and O–H groups in total. The molecule has 0 aliphatic heterocycles. The molecule has 0 bridgehead atoms. The molecule has 23 heteroatoms. The Morgan fingerprint density at radius 1 is 0.659 bits per heavy atom. The van der Waals surface area contributed by atoms with Crippen LogP contribution in [0.4, 0.5) is 74.6 Å². The third-order valence-electron chi connectivity index (χ3n) is 5.64. The number of quaternary nitrogens is 1. The maximum Gasteiger partial charge on any atom is 0.471 e. The van der Waals surface area contributed by atoms with E-state index in [0.29, 0.717) is 23.2 Å². The van der Waals surface area contributed by atoms with Crippen molar-refractivity contribution in [2.45, 2.75) is 58.9 Å². The molecule has 0 radical (unpaired) electrons. The summed E-state index contributed by atoms with van der Waals surface area (Å²) in [6.45, 7) is -3.69. The average molecular weight is 705 g/mol. The molecule has 0 aromatic heterocycles. The zero-order valence-electron chi connectivity index (χ0n) is 22.1. The Bertz CT molecular complexity index is 1250. The molecule has 1 rings (SSSR count). The van der Waals surface area contributed by atoms with E-state index in [2.05, 4.69) is 4.74 Å². The first-order valence-corrected chi connectivity index (χ1v) is 12.9. The molecule has 0 aliphatic rings. The molecule has 0 aliphatic carbocycles. The van der Waals surface area contributed by atoms with Gasteiger partial charge in [0.1, 0.15) is 5.75 Å². The Morgan fingerprint density at radius 3 is 1.43 bits per heavy atom. The largest absolute Gasteiger partial charge is 0.471 e. The molecule has 0 amide bonds. The van der Waals surface area contributed by atoms with E-state index < -0.39 is 74.9 Å². The normalized spacial score (nSPS) is 15.5. The molecule has 5 nitrogen and oxygen atoms in total. The maximum absolute atomic E-state index is 14.0. The number of benzene rings is 1. The summed E-state index contributed by atoms with van der Waals surface area (Å²) in [5.74, 6) is -59.0. The first-order valence-electron chi connectivity index (χ1n) is 11.4. The Labute approximate surface area is 237 Å². The van der Waals surface area contributed by atoms with Crippen molar-refractivity contribution in [2.24, 2.45) is 0 Å². The second-order valence-corrected chi connectivity index (χ2v) is 11.9. The highest BCUT2D eigenvalue weighted by molar-refractivity contribution is 7.89. The van der Waals surface area contributed by atoms with Crippen LogP contribution in [0.15, 0.2) is 29.2 Å². The van der Waals surface area contributed by atoms with E-state index in [1.54, 1.807) is 21.1 Å². The number of rotatable bonds is 16. The molecular weight excluding hydrogens is 683 g/mol. The molecule has 0 atom stereocenters. The SMILES string of the molecule is C[N+](C)(C)CCCNS(=O)(=O)c1ccc(OC(F)(F)C(F)(F)C(F)(F)C(F)(F)C(F)(F)C(F)(F)C(F)(F)C(F)(F)CF)cc1. The minimum Gasteiger partial charge on any atom is -0.428 e. The number of hydrogen-bond donors (Lipinski definition) is 1. The van der Waals surface area contributed by atoms with Crippen LogP contribution in [0.3, 0.4) is 0 Å². The van der Waals surface area contributed by atoms with Gasteiger partial charge < -0.3 is 9.22 Å². The molecule has 258 valence electrons. The molecular formula is C21H22F17N2O3S+. The van der Waals surface area contributed by atoms with Crippen molar-refractivity contribution in [3.63, 3.8) is 0 Å². The summed E-state index contributed by atoms with van der Waals surface area (Å²) in [5, 5.41) is 0. The molecule has 1 aromatic rings. The van der Waals surface area contributed by atoms with Crippen LogP contribution in [0.5, 0.6) is 5.75 Å². The summed E-state index contributed by atoms with van der Waals surface area (Å²) in [7, 11) is 0.865. The van der Waals surface area contributed by atoms with E-state index in [9.17, 15) is 83.1 Å². The summed E-state index contributed by atoms with van der Waals surface area (Å²) in [5.41, 5.74) is 0. The Kier molecular flexibility index (Phi) is 10.7. The van der Waals surface area contributed by atoms with E-state index in [1.807, 2.05) is 4.72 Å². The molecule has 0 spiro atoms. The van der Waals surface area contributed by atoms with Gasteiger partial charge in [0.2, 0.25) is 10.0 Å². The monoisotopic (exact) mass is 705 g/mol. The van der Waals surface area contributed by atoms with Crippen LogP contribution in [-0.2, 0) is 10.0 Å². The average Bonchev–Trinajstić information content (AvgIpc) is 2.85. The summed E-state index contributed by atoms with van der Waals surface area (Å²) in [6.07, 6.45) is -6.83. The fourth-order valence-corrected chi connectivity index (χ4v) is 4.10. The van der Waals surface area contributed by atoms with Crippen molar-refractivity contribution >= 4 is 10.0 Å². The van der Waals surface area contributed by atoms with Crippen molar-refractivity contribution in [3.8, 4) is 5.75 Å². The first-order chi connectivity index (χ1) is 19.2. The Hall–Kier alpha value is -2.30. The number of hydrogen-bond acceptors (Lipinski definition) is 3. The van der Waals surface area contributed by atoms with Crippen molar-refractivity contribution in [1.82, 2.24) is 4.72 Å². The smallest absolute Gasteiger partial charge is 0.428 e. The van der Waals surface area contributed by atoms with Gasteiger partial charge in [-0.1, -0.05) is 0 Å². The molecule has 0 saturated heterocycles. The fraction of sp³-hybridized carbons (Fsp3) is 0.714. The lowest BCUT2D eigenvalue weighted by molar-refractivity contribution is -0.870. The van der Waals surface area contributed by atoms with Crippen molar-refractivity contribution in [3.05, 3.63) is 24.3 Å². The number of nitrogens with one attached hydrogen (secondary N) is 1. The van der Waals surface area contributed by atoms with Gasteiger partial charge in [0, 0.05) is 13.0 Å². The van der Waals surface area contributed by atoms with Crippen LogP contribution in [0.2, 0.25) is 0 Å². The van der Waals surface area contributed by atoms with Gasteiger partial charge in [-0.15, -0.1) is 0 Å². The number of alkyl halides is 17. The molecule has 0 unspecified atom stereocenters. The number of halogens is 17. The molecule has 1 aromatic carbocycles. The molecule has 0 fully saturated rings. The minimum atomic E-state index is -8.69. The van der Waals surface area contributed by atoms with Gasteiger partial charge in [-0.2, -0.15) is 70.2 Å². The topological polar surface area (TPSA) is 55.4 Å². The lowest BCUT2D eigenvalue weighted by atomic mass is 9.89.